The smallest absolute Gasteiger partial charge is 0.307 e. The van der Waals surface area contributed by atoms with Gasteiger partial charge in [-0.1, -0.05) is 12.1 Å². The van der Waals surface area contributed by atoms with Gasteiger partial charge in [0.25, 0.3) is 5.91 Å². The van der Waals surface area contributed by atoms with Gasteiger partial charge in [0.1, 0.15) is 5.82 Å². The van der Waals surface area contributed by atoms with Crippen molar-refractivity contribution in [3.63, 3.8) is 0 Å². The Labute approximate surface area is 163 Å². The van der Waals surface area contributed by atoms with Gasteiger partial charge in [-0.15, -0.1) is 0 Å². The summed E-state index contributed by atoms with van der Waals surface area (Å²) >= 11 is 0. The maximum absolute atomic E-state index is 13.2. The molecule has 0 bridgehead atoms. The van der Waals surface area contributed by atoms with Crippen LogP contribution >= 0.6 is 0 Å². The number of halogens is 1. The highest BCUT2D eigenvalue weighted by atomic mass is 19.1. The Kier molecular flexibility index (Phi) is 6.22. The number of ether oxygens (including phenoxy) is 1. The fourth-order valence-electron chi connectivity index (χ4n) is 2.86. The summed E-state index contributed by atoms with van der Waals surface area (Å²) in [4.78, 5) is 26.1. The predicted molar refractivity (Wildman–Crippen MR) is 104 cm³/mol. The summed E-state index contributed by atoms with van der Waals surface area (Å²) in [6.07, 6.45) is 3.94. The van der Waals surface area contributed by atoms with Gasteiger partial charge in [0, 0.05) is 36.7 Å². The van der Waals surface area contributed by atoms with Crippen LogP contribution in [-0.2, 0) is 16.1 Å². The number of amides is 1. The number of aromatic nitrogens is 1. The molecule has 1 aromatic heterocycles. The number of carbonyl (C=O) groups is 2. The van der Waals surface area contributed by atoms with Crippen molar-refractivity contribution in [1.82, 2.24) is 9.47 Å². The van der Waals surface area contributed by atoms with E-state index in [1.165, 1.54) is 19.2 Å². The predicted octanol–water partition coefficient (Wildman–Crippen LogP) is 3.82. The fraction of sp³-hybridized carbons (Fsp3) is 0.182. The molecule has 0 saturated heterocycles. The van der Waals surface area contributed by atoms with Crippen molar-refractivity contribution in [2.45, 2.75) is 13.0 Å². The summed E-state index contributed by atoms with van der Waals surface area (Å²) in [5, 5.41) is 0. The van der Waals surface area contributed by atoms with E-state index in [0.717, 1.165) is 11.3 Å². The molecular weight excluding hydrogens is 359 g/mol. The van der Waals surface area contributed by atoms with Crippen LogP contribution in [0.5, 0.6) is 0 Å². The number of methoxy groups -OCH3 is 1. The molecule has 0 radical (unpaired) electrons. The summed E-state index contributed by atoms with van der Waals surface area (Å²) < 4.78 is 19.8. The number of esters is 1. The van der Waals surface area contributed by atoms with Crippen LogP contribution in [0.2, 0.25) is 0 Å². The molecule has 144 valence electrons. The number of hydrogen-bond donors (Lipinski definition) is 0. The van der Waals surface area contributed by atoms with E-state index in [1.807, 2.05) is 41.2 Å². The molecule has 3 aromatic rings. The quantitative estimate of drug-likeness (QED) is 0.586. The van der Waals surface area contributed by atoms with Crippen molar-refractivity contribution in [3.8, 4) is 5.69 Å². The van der Waals surface area contributed by atoms with Gasteiger partial charge in [-0.05, 0) is 54.1 Å². The van der Waals surface area contributed by atoms with Gasteiger partial charge in [-0.25, -0.2) is 4.39 Å². The number of hydrogen-bond acceptors (Lipinski definition) is 3. The first-order valence-corrected chi connectivity index (χ1v) is 8.91. The molecule has 0 unspecified atom stereocenters. The maximum atomic E-state index is 13.2. The molecule has 1 heterocycles. The Morgan fingerprint density at radius 2 is 1.64 bits per heavy atom. The minimum absolute atomic E-state index is 0.0882. The standard InChI is InChI=1S/C22H21FN2O3/c1-28-21(26)12-15-25(16-17-4-8-19(23)9-5-17)22(27)18-6-10-20(11-7-18)24-13-2-3-14-24/h2-11,13-14H,12,15-16H2,1H3. The molecule has 28 heavy (non-hydrogen) atoms. The summed E-state index contributed by atoms with van der Waals surface area (Å²) in [5.41, 5.74) is 2.24. The van der Waals surface area contributed by atoms with Crippen molar-refractivity contribution >= 4 is 11.9 Å². The molecule has 0 aliphatic carbocycles. The summed E-state index contributed by atoms with van der Waals surface area (Å²) in [6, 6.07) is 17.1. The Bertz CT molecular complexity index is 919. The van der Waals surface area contributed by atoms with Crippen LogP contribution in [0.15, 0.2) is 73.1 Å². The number of nitrogens with zero attached hydrogens (tertiary/aromatic N) is 2. The van der Waals surface area contributed by atoms with Crippen molar-refractivity contribution in [2.75, 3.05) is 13.7 Å². The Hall–Kier alpha value is -3.41. The Balaban J connectivity index is 1.78. The van der Waals surface area contributed by atoms with Gasteiger partial charge < -0.3 is 14.2 Å². The first-order chi connectivity index (χ1) is 13.6. The summed E-state index contributed by atoms with van der Waals surface area (Å²) in [7, 11) is 1.31. The third kappa shape index (κ3) is 4.85. The molecule has 0 aliphatic rings. The average molecular weight is 380 g/mol. The molecule has 0 saturated carbocycles. The van der Waals surface area contributed by atoms with Crippen LogP contribution in [0.25, 0.3) is 5.69 Å². The lowest BCUT2D eigenvalue weighted by molar-refractivity contribution is -0.140. The second kappa shape index (κ2) is 8.99. The normalized spacial score (nSPS) is 10.5. The summed E-state index contributed by atoms with van der Waals surface area (Å²) in [5.74, 6) is -0.927. The molecule has 0 fully saturated rings. The zero-order chi connectivity index (χ0) is 19.9. The third-order valence-corrected chi connectivity index (χ3v) is 4.40. The summed E-state index contributed by atoms with van der Waals surface area (Å²) in [6.45, 7) is 0.484. The second-order valence-corrected chi connectivity index (χ2v) is 6.32. The zero-order valence-electron chi connectivity index (χ0n) is 15.5. The topological polar surface area (TPSA) is 51.5 Å². The van der Waals surface area contributed by atoms with Crippen LogP contribution in [0, 0.1) is 5.82 Å². The highest BCUT2D eigenvalue weighted by Crippen LogP contribution is 2.15. The molecule has 0 spiro atoms. The molecule has 1 amide bonds. The van der Waals surface area contributed by atoms with Crippen molar-refractivity contribution < 1.29 is 18.7 Å². The molecule has 3 rings (SSSR count). The zero-order valence-corrected chi connectivity index (χ0v) is 15.5. The van der Waals surface area contributed by atoms with E-state index in [4.69, 9.17) is 0 Å². The van der Waals surface area contributed by atoms with E-state index in [2.05, 4.69) is 4.74 Å². The van der Waals surface area contributed by atoms with Gasteiger partial charge in [0.2, 0.25) is 0 Å². The van der Waals surface area contributed by atoms with Crippen LogP contribution in [0.1, 0.15) is 22.3 Å². The average Bonchev–Trinajstić information content (AvgIpc) is 3.26. The molecule has 0 atom stereocenters. The lowest BCUT2D eigenvalue weighted by Gasteiger charge is -2.23. The van der Waals surface area contributed by atoms with E-state index in [0.29, 0.717) is 5.56 Å². The molecular formula is C22H21FN2O3. The van der Waals surface area contributed by atoms with Crippen LogP contribution in [0.3, 0.4) is 0 Å². The second-order valence-electron chi connectivity index (χ2n) is 6.32. The minimum Gasteiger partial charge on any atom is -0.469 e. The van der Waals surface area contributed by atoms with Crippen molar-refractivity contribution in [1.29, 1.82) is 0 Å². The van der Waals surface area contributed by atoms with Gasteiger partial charge in [-0.3, -0.25) is 9.59 Å². The number of benzene rings is 2. The lowest BCUT2D eigenvalue weighted by atomic mass is 10.1. The molecule has 0 aliphatic heterocycles. The third-order valence-electron chi connectivity index (χ3n) is 4.40. The van der Waals surface area contributed by atoms with Crippen LogP contribution < -0.4 is 0 Å². The van der Waals surface area contributed by atoms with Gasteiger partial charge >= 0.3 is 5.97 Å². The minimum atomic E-state index is -0.389. The van der Waals surface area contributed by atoms with Crippen LogP contribution in [0.4, 0.5) is 4.39 Å². The molecule has 2 aromatic carbocycles. The van der Waals surface area contributed by atoms with Crippen molar-refractivity contribution in [2.24, 2.45) is 0 Å². The highest BCUT2D eigenvalue weighted by Gasteiger charge is 2.18. The van der Waals surface area contributed by atoms with E-state index in [-0.39, 0.29) is 37.2 Å². The lowest BCUT2D eigenvalue weighted by Crippen LogP contribution is -2.32. The fourth-order valence-corrected chi connectivity index (χ4v) is 2.86. The maximum Gasteiger partial charge on any atom is 0.307 e. The van der Waals surface area contributed by atoms with Crippen LogP contribution in [-0.4, -0.2) is 35.0 Å². The van der Waals surface area contributed by atoms with E-state index in [1.54, 1.807) is 29.2 Å². The molecule has 6 heteroatoms. The number of rotatable bonds is 7. The van der Waals surface area contributed by atoms with E-state index < -0.39 is 0 Å². The largest absolute Gasteiger partial charge is 0.469 e. The van der Waals surface area contributed by atoms with E-state index >= 15 is 0 Å². The Morgan fingerprint density at radius 1 is 1.00 bits per heavy atom. The van der Waals surface area contributed by atoms with Gasteiger partial charge in [0.05, 0.1) is 13.5 Å². The number of carbonyl (C=O) groups excluding carboxylic acids is 2. The van der Waals surface area contributed by atoms with E-state index in [9.17, 15) is 14.0 Å². The van der Waals surface area contributed by atoms with Crippen molar-refractivity contribution in [3.05, 3.63) is 90.0 Å². The van der Waals surface area contributed by atoms with Gasteiger partial charge in [0.15, 0.2) is 0 Å². The SMILES string of the molecule is COC(=O)CCN(Cc1ccc(F)cc1)C(=O)c1ccc(-n2cccc2)cc1. The Morgan fingerprint density at radius 3 is 2.25 bits per heavy atom. The molecule has 5 nitrogen and oxygen atoms in total. The monoisotopic (exact) mass is 380 g/mol. The first-order valence-electron chi connectivity index (χ1n) is 8.91. The van der Waals surface area contributed by atoms with Gasteiger partial charge in [-0.2, -0.15) is 0 Å². The highest BCUT2D eigenvalue weighted by molar-refractivity contribution is 5.94. The first kappa shape index (κ1) is 19.4. The molecule has 0 N–H and O–H groups in total.